The average molecular weight is 360 g/mol. The standard InChI is InChI=1S/C22H32O4/c1-5-9-11-13-15-19(7-3)25-21(23)17-18-22(24)26-20(8-4)16-14-12-10-6-2/h17-20H,5-10,15-16H2,1-4H3/b18-17+. The highest BCUT2D eigenvalue weighted by molar-refractivity contribution is 5.91. The van der Waals surface area contributed by atoms with Crippen molar-refractivity contribution in [3.8, 4) is 23.7 Å². The van der Waals surface area contributed by atoms with Crippen molar-refractivity contribution in [2.24, 2.45) is 0 Å². The van der Waals surface area contributed by atoms with Gasteiger partial charge in [-0.3, -0.25) is 0 Å². The lowest BCUT2D eigenvalue weighted by molar-refractivity contribution is -0.145. The molecular weight excluding hydrogens is 328 g/mol. The van der Waals surface area contributed by atoms with Crippen LogP contribution < -0.4 is 0 Å². The highest BCUT2D eigenvalue weighted by Crippen LogP contribution is 2.06. The van der Waals surface area contributed by atoms with E-state index in [1.165, 1.54) is 0 Å². The van der Waals surface area contributed by atoms with E-state index in [2.05, 4.69) is 37.5 Å². The first-order chi connectivity index (χ1) is 12.6. The van der Waals surface area contributed by atoms with Crippen LogP contribution in [0.1, 0.15) is 79.1 Å². The number of carbonyl (C=O) groups excluding carboxylic acids is 2. The van der Waals surface area contributed by atoms with Crippen LogP contribution in [0.15, 0.2) is 12.2 Å². The molecule has 0 aromatic carbocycles. The van der Waals surface area contributed by atoms with Gasteiger partial charge in [-0.05, 0) is 25.7 Å². The van der Waals surface area contributed by atoms with Gasteiger partial charge in [-0.1, -0.05) is 39.5 Å². The van der Waals surface area contributed by atoms with Crippen LogP contribution in [0, 0.1) is 23.7 Å². The third-order valence-corrected chi connectivity index (χ3v) is 3.49. The van der Waals surface area contributed by atoms with Gasteiger partial charge in [0.05, 0.1) is 0 Å². The third kappa shape index (κ3) is 13.1. The van der Waals surface area contributed by atoms with Crippen LogP contribution in [0.2, 0.25) is 0 Å². The molecule has 0 N–H and O–H groups in total. The second kappa shape index (κ2) is 16.3. The van der Waals surface area contributed by atoms with Crippen LogP contribution in [-0.2, 0) is 19.1 Å². The van der Waals surface area contributed by atoms with E-state index in [9.17, 15) is 9.59 Å². The van der Waals surface area contributed by atoms with Gasteiger partial charge in [-0.15, -0.1) is 11.8 Å². The minimum atomic E-state index is -0.554. The lowest BCUT2D eigenvalue weighted by atomic mass is 10.2. The van der Waals surface area contributed by atoms with Crippen molar-refractivity contribution in [3.63, 3.8) is 0 Å². The van der Waals surface area contributed by atoms with Crippen LogP contribution in [0.4, 0.5) is 0 Å². The van der Waals surface area contributed by atoms with Crippen molar-refractivity contribution in [2.75, 3.05) is 0 Å². The Labute approximate surface area is 158 Å². The van der Waals surface area contributed by atoms with Crippen molar-refractivity contribution in [2.45, 2.75) is 91.3 Å². The minimum Gasteiger partial charge on any atom is -0.458 e. The zero-order chi connectivity index (χ0) is 19.6. The fourth-order valence-corrected chi connectivity index (χ4v) is 1.88. The lowest BCUT2D eigenvalue weighted by Crippen LogP contribution is -2.17. The van der Waals surface area contributed by atoms with Crippen molar-refractivity contribution >= 4 is 11.9 Å². The summed E-state index contributed by atoms with van der Waals surface area (Å²) >= 11 is 0. The second-order valence-electron chi connectivity index (χ2n) is 5.88. The van der Waals surface area contributed by atoms with Gasteiger partial charge in [0.2, 0.25) is 0 Å². The molecule has 0 aliphatic heterocycles. The lowest BCUT2D eigenvalue weighted by Gasteiger charge is -2.12. The fourth-order valence-electron chi connectivity index (χ4n) is 1.88. The van der Waals surface area contributed by atoms with Gasteiger partial charge in [0.15, 0.2) is 0 Å². The van der Waals surface area contributed by atoms with E-state index >= 15 is 0 Å². The van der Waals surface area contributed by atoms with E-state index in [1.54, 1.807) is 0 Å². The Hall–Kier alpha value is -2.20. The summed E-state index contributed by atoms with van der Waals surface area (Å²) in [5.41, 5.74) is 0. The van der Waals surface area contributed by atoms with Gasteiger partial charge in [0, 0.05) is 37.8 Å². The Morgan fingerprint density at radius 2 is 1.12 bits per heavy atom. The summed E-state index contributed by atoms with van der Waals surface area (Å²) in [6.45, 7) is 8.00. The quantitative estimate of drug-likeness (QED) is 0.325. The molecule has 0 fully saturated rings. The van der Waals surface area contributed by atoms with Gasteiger partial charge < -0.3 is 9.47 Å². The molecule has 4 nitrogen and oxygen atoms in total. The van der Waals surface area contributed by atoms with Crippen LogP contribution >= 0.6 is 0 Å². The summed E-state index contributed by atoms with van der Waals surface area (Å²) in [5, 5.41) is 0. The van der Waals surface area contributed by atoms with Crippen LogP contribution in [0.3, 0.4) is 0 Å². The van der Waals surface area contributed by atoms with Crippen LogP contribution in [0.5, 0.6) is 0 Å². The molecule has 0 aromatic heterocycles. The maximum atomic E-state index is 11.8. The van der Waals surface area contributed by atoms with E-state index in [0.717, 1.165) is 37.8 Å². The number of hydrogen-bond donors (Lipinski definition) is 0. The number of hydrogen-bond acceptors (Lipinski definition) is 4. The largest absolute Gasteiger partial charge is 0.458 e. The van der Waals surface area contributed by atoms with E-state index in [-0.39, 0.29) is 12.2 Å². The SMILES string of the molecule is CCCC#CCC(CC)OC(=O)/C=C/C(=O)OC(CC)CC#CCCC. The average Bonchev–Trinajstić information content (AvgIpc) is 2.64. The molecule has 0 aromatic rings. The molecule has 0 aliphatic carbocycles. The van der Waals surface area contributed by atoms with Crippen molar-refractivity contribution in [1.82, 2.24) is 0 Å². The molecular formula is C22H32O4. The molecule has 0 amide bonds. The van der Waals surface area contributed by atoms with Gasteiger partial charge in [0.1, 0.15) is 12.2 Å². The first-order valence-electron chi connectivity index (χ1n) is 9.57. The molecule has 0 heterocycles. The molecule has 0 aliphatic rings. The number of unbranched alkanes of at least 4 members (excludes halogenated alkanes) is 2. The first-order valence-corrected chi connectivity index (χ1v) is 9.57. The van der Waals surface area contributed by atoms with E-state index < -0.39 is 11.9 Å². The van der Waals surface area contributed by atoms with Crippen LogP contribution in [0.25, 0.3) is 0 Å². The first kappa shape index (κ1) is 23.8. The normalized spacial score (nSPS) is 12.3. The Kier molecular flexibility index (Phi) is 14.9. The summed E-state index contributed by atoms with van der Waals surface area (Å²) in [7, 11) is 0. The van der Waals surface area contributed by atoms with Crippen molar-refractivity contribution in [1.29, 1.82) is 0 Å². The van der Waals surface area contributed by atoms with E-state index in [0.29, 0.717) is 25.7 Å². The molecule has 0 rings (SSSR count). The fraction of sp³-hybridized carbons (Fsp3) is 0.636. The zero-order valence-electron chi connectivity index (χ0n) is 16.6. The molecule has 2 unspecified atom stereocenters. The Morgan fingerprint density at radius 3 is 1.42 bits per heavy atom. The summed E-state index contributed by atoms with van der Waals surface area (Å²) in [4.78, 5) is 23.6. The maximum Gasteiger partial charge on any atom is 0.331 e. The maximum absolute atomic E-state index is 11.8. The molecule has 0 radical (unpaired) electrons. The number of esters is 2. The molecule has 0 bridgehead atoms. The minimum absolute atomic E-state index is 0.259. The smallest absolute Gasteiger partial charge is 0.331 e. The highest BCUT2D eigenvalue weighted by Gasteiger charge is 2.12. The summed E-state index contributed by atoms with van der Waals surface area (Å²) in [5.74, 6) is 11.0. The van der Waals surface area contributed by atoms with Gasteiger partial charge in [-0.2, -0.15) is 0 Å². The van der Waals surface area contributed by atoms with Crippen LogP contribution in [-0.4, -0.2) is 24.1 Å². The zero-order valence-corrected chi connectivity index (χ0v) is 16.6. The molecule has 0 saturated carbocycles. The third-order valence-electron chi connectivity index (χ3n) is 3.49. The number of ether oxygens (including phenoxy) is 2. The molecule has 2 atom stereocenters. The topological polar surface area (TPSA) is 52.6 Å². The summed E-state index contributed by atoms with van der Waals surface area (Å²) < 4.78 is 10.6. The van der Waals surface area contributed by atoms with Crippen molar-refractivity contribution in [3.05, 3.63) is 12.2 Å². The Balaban J connectivity index is 4.37. The molecule has 4 heteroatoms. The monoisotopic (exact) mass is 360 g/mol. The van der Waals surface area contributed by atoms with Gasteiger partial charge >= 0.3 is 11.9 Å². The molecule has 0 spiro atoms. The number of rotatable bonds is 10. The predicted octanol–water partition coefficient (Wildman–Crippen LogP) is 4.57. The molecule has 26 heavy (non-hydrogen) atoms. The molecule has 144 valence electrons. The summed E-state index contributed by atoms with van der Waals surface area (Å²) in [6, 6.07) is 0. The highest BCUT2D eigenvalue weighted by atomic mass is 16.5. The summed E-state index contributed by atoms with van der Waals surface area (Å²) in [6.07, 6.45) is 7.79. The van der Waals surface area contributed by atoms with Gasteiger partial charge in [-0.25, -0.2) is 9.59 Å². The predicted molar refractivity (Wildman–Crippen MR) is 104 cm³/mol. The number of carbonyl (C=O) groups is 2. The van der Waals surface area contributed by atoms with E-state index in [4.69, 9.17) is 9.47 Å². The van der Waals surface area contributed by atoms with E-state index in [1.807, 2.05) is 13.8 Å². The van der Waals surface area contributed by atoms with Crippen molar-refractivity contribution < 1.29 is 19.1 Å². The Bertz CT molecular complexity index is 504. The van der Waals surface area contributed by atoms with Gasteiger partial charge in [0.25, 0.3) is 0 Å². The molecule has 0 saturated heterocycles. The Morgan fingerprint density at radius 1 is 0.731 bits per heavy atom. The second-order valence-corrected chi connectivity index (χ2v) is 5.88.